The van der Waals surface area contributed by atoms with Gasteiger partial charge >= 0.3 is 5.97 Å². The summed E-state index contributed by atoms with van der Waals surface area (Å²) in [5.74, 6) is -1.13. The Morgan fingerprint density at radius 1 is 1.12 bits per heavy atom. The number of carbonyl (C=O) groups is 2. The number of benzene rings is 2. The molecule has 0 unspecified atom stereocenters. The van der Waals surface area contributed by atoms with Gasteiger partial charge in [-0.25, -0.2) is 4.79 Å². The first-order valence-corrected chi connectivity index (χ1v) is 8.29. The summed E-state index contributed by atoms with van der Waals surface area (Å²) in [4.78, 5) is 36.1. The summed E-state index contributed by atoms with van der Waals surface area (Å²) in [5.41, 5.74) is 1.41. The third kappa shape index (κ3) is 4.05. The van der Waals surface area contributed by atoms with Crippen molar-refractivity contribution in [2.24, 2.45) is 0 Å². The van der Waals surface area contributed by atoms with Gasteiger partial charge in [-0.3, -0.25) is 14.9 Å². The van der Waals surface area contributed by atoms with E-state index in [2.05, 4.69) is 0 Å². The van der Waals surface area contributed by atoms with Gasteiger partial charge in [0.1, 0.15) is 0 Å². The lowest BCUT2D eigenvalue weighted by atomic mass is 10.1. The van der Waals surface area contributed by atoms with Crippen molar-refractivity contribution >= 4 is 17.6 Å². The van der Waals surface area contributed by atoms with E-state index >= 15 is 0 Å². The molecule has 1 fully saturated rings. The summed E-state index contributed by atoms with van der Waals surface area (Å²) in [5, 5.41) is 20.1. The van der Waals surface area contributed by atoms with Crippen molar-refractivity contribution in [1.29, 1.82) is 0 Å². The molecule has 0 radical (unpaired) electrons. The van der Waals surface area contributed by atoms with Gasteiger partial charge in [-0.05, 0) is 30.5 Å². The molecule has 1 saturated carbocycles. The summed E-state index contributed by atoms with van der Waals surface area (Å²) >= 11 is 0. The zero-order chi connectivity index (χ0) is 18.7. The molecule has 7 nitrogen and oxygen atoms in total. The number of carbonyl (C=O) groups excluding carboxylic acids is 1. The minimum atomic E-state index is -1.01. The first-order chi connectivity index (χ1) is 12.5. The number of carboxylic acid groups (broad SMARTS) is 1. The first-order valence-electron chi connectivity index (χ1n) is 8.29. The highest BCUT2D eigenvalue weighted by Gasteiger charge is 2.33. The average Bonchev–Trinajstić information content (AvgIpc) is 3.45. The number of rotatable bonds is 7. The third-order valence-electron chi connectivity index (χ3n) is 4.39. The number of carboxylic acids is 1. The predicted molar refractivity (Wildman–Crippen MR) is 93.8 cm³/mol. The van der Waals surface area contributed by atoms with Crippen molar-refractivity contribution in [1.82, 2.24) is 4.90 Å². The molecule has 7 heteroatoms. The van der Waals surface area contributed by atoms with Crippen molar-refractivity contribution in [2.75, 3.05) is 0 Å². The Hall–Kier alpha value is -3.22. The van der Waals surface area contributed by atoms with Crippen molar-refractivity contribution in [3.8, 4) is 0 Å². The topological polar surface area (TPSA) is 101 Å². The van der Waals surface area contributed by atoms with Gasteiger partial charge in [0, 0.05) is 17.7 Å². The van der Waals surface area contributed by atoms with Gasteiger partial charge in [-0.15, -0.1) is 0 Å². The van der Waals surface area contributed by atoms with Crippen LogP contribution in [0, 0.1) is 10.1 Å². The Morgan fingerprint density at radius 2 is 1.77 bits per heavy atom. The standard InChI is InChI=1S/C19H18N2O5/c22-18(11-13-5-7-14(8-6-13)19(23)24)20(16-9-10-16)12-15-3-1-2-4-17(15)21(25)26/h1-8,16H,9-12H2,(H,23,24). The summed E-state index contributed by atoms with van der Waals surface area (Å²) in [6.45, 7) is 0.202. The molecule has 1 aliphatic rings. The minimum absolute atomic E-state index is 0.0109. The third-order valence-corrected chi connectivity index (χ3v) is 4.39. The molecule has 0 spiro atoms. The highest BCUT2D eigenvalue weighted by molar-refractivity contribution is 5.87. The van der Waals surface area contributed by atoms with Crippen LogP contribution in [-0.2, 0) is 17.8 Å². The fraction of sp³-hybridized carbons (Fsp3) is 0.263. The second-order valence-corrected chi connectivity index (χ2v) is 6.32. The van der Waals surface area contributed by atoms with Crippen LogP contribution in [0.1, 0.15) is 34.3 Å². The van der Waals surface area contributed by atoms with Crippen molar-refractivity contribution < 1.29 is 19.6 Å². The molecule has 134 valence electrons. The lowest BCUT2D eigenvalue weighted by Gasteiger charge is -2.22. The normalized spacial score (nSPS) is 13.2. The van der Waals surface area contributed by atoms with Crippen LogP contribution in [-0.4, -0.2) is 32.8 Å². The maximum absolute atomic E-state index is 12.7. The Bertz CT molecular complexity index is 843. The van der Waals surface area contributed by atoms with Gasteiger partial charge in [0.05, 0.1) is 23.5 Å². The number of para-hydroxylation sites is 1. The van der Waals surface area contributed by atoms with Crippen LogP contribution >= 0.6 is 0 Å². The SMILES string of the molecule is O=C(O)c1ccc(CC(=O)N(Cc2ccccc2[N+](=O)[O-])C2CC2)cc1. The van der Waals surface area contributed by atoms with Crippen LogP contribution < -0.4 is 0 Å². The molecular weight excluding hydrogens is 336 g/mol. The Balaban J connectivity index is 1.75. The van der Waals surface area contributed by atoms with E-state index in [1.807, 2.05) is 0 Å². The van der Waals surface area contributed by atoms with Gasteiger partial charge in [-0.2, -0.15) is 0 Å². The number of nitro groups is 1. The smallest absolute Gasteiger partial charge is 0.335 e. The number of hydrogen-bond donors (Lipinski definition) is 1. The van der Waals surface area contributed by atoms with E-state index in [0.717, 1.165) is 12.8 Å². The fourth-order valence-electron chi connectivity index (χ4n) is 2.85. The summed E-state index contributed by atoms with van der Waals surface area (Å²) in [7, 11) is 0. The molecule has 0 aromatic heterocycles. The van der Waals surface area contributed by atoms with E-state index in [-0.39, 0.29) is 36.2 Å². The monoisotopic (exact) mass is 354 g/mol. The zero-order valence-electron chi connectivity index (χ0n) is 14.0. The molecule has 0 saturated heterocycles. The fourth-order valence-corrected chi connectivity index (χ4v) is 2.85. The molecule has 0 bridgehead atoms. The number of hydrogen-bond acceptors (Lipinski definition) is 4. The molecule has 2 aromatic carbocycles. The van der Waals surface area contributed by atoms with E-state index in [1.54, 1.807) is 35.2 Å². The number of aromatic carboxylic acids is 1. The molecule has 26 heavy (non-hydrogen) atoms. The lowest BCUT2D eigenvalue weighted by molar-refractivity contribution is -0.385. The van der Waals surface area contributed by atoms with Crippen LogP contribution in [0.25, 0.3) is 0 Å². The molecule has 1 aliphatic carbocycles. The van der Waals surface area contributed by atoms with E-state index in [4.69, 9.17) is 5.11 Å². The van der Waals surface area contributed by atoms with Gasteiger partial charge in [0.15, 0.2) is 0 Å². The highest BCUT2D eigenvalue weighted by atomic mass is 16.6. The predicted octanol–water partition coefficient (Wildman–Crippen LogP) is 3.03. The van der Waals surface area contributed by atoms with Crippen molar-refractivity contribution in [2.45, 2.75) is 31.8 Å². The second kappa shape index (κ2) is 7.35. The maximum Gasteiger partial charge on any atom is 0.335 e. The quantitative estimate of drug-likeness (QED) is 0.608. The summed E-state index contributed by atoms with van der Waals surface area (Å²) in [6, 6.07) is 12.7. The minimum Gasteiger partial charge on any atom is -0.478 e. The summed E-state index contributed by atoms with van der Waals surface area (Å²) in [6.07, 6.45) is 1.92. The molecule has 2 aromatic rings. The molecular formula is C19H18N2O5. The largest absolute Gasteiger partial charge is 0.478 e. The molecule has 1 amide bonds. The van der Waals surface area contributed by atoms with E-state index in [1.165, 1.54) is 18.2 Å². The second-order valence-electron chi connectivity index (χ2n) is 6.32. The first kappa shape index (κ1) is 17.6. The van der Waals surface area contributed by atoms with Gasteiger partial charge < -0.3 is 10.0 Å². The van der Waals surface area contributed by atoms with Crippen molar-refractivity contribution in [3.63, 3.8) is 0 Å². The van der Waals surface area contributed by atoms with Crippen LogP contribution in [0.2, 0.25) is 0 Å². The number of nitro benzene ring substituents is 1. The number of amides is 1. The average molecular weight is 354 g/mol. The van der Waals surface area contributed by atoms with Crippen LogP contribution in [0.3, 0.4) is 0 Å². The molecule has 0 heterocycles. The van der Waals surface area contributed by atoms with Crippen molar-refractivity contribution in [3.05, 3.63) is 75.3 Å². The molecule has 0 aliphatic heterocycles. The zero-order valence-corrected chi connectivity index (χ0v) is 14.0. The van der Waals surface area contributed by atoms with Gasteiger partial charge in [0.2, 0.25) is 5.91 Å². The summed E-state index contributed by atoms with van der Waals surface area (Å²) < 4.78 is 0. The van der Waals surface area contributed by atoms with E-state index in [9.17, 15) is 19.7 Å². The van der Waals surface area contributed by atoms with Gasteiger partial charge in [-0.1, -0.05) is 30.3 Å². The van der Waals surface area contributed by atoms with E-state index in [0.29, 0.717) is 11.1 Å². The Labute approximate surface area is 150 Å². The lowest BCUT2D eigenvalue weighted by Crippen LogP contribution is -2.34. The molecule has 1 N–H and O–H groups in total. The molecule has 0 atom stereocenters. The maximum atomic E-state index is 12.7. The Kier molecular flexibility index (Phi) is 4.97. The molecule has 3 rings (SSSR count). The number of nitrogens with zero attached hydrogens (tertiary/aromatic N) is 2. The van der Waals surface area contributed by atoms with E-state index < -0.39 is 10.9 Å². The Morgan fingerprint density at radius 3 is 2.35 bits per heavy atom. The highest BCUT2D eigenvalue weighted by Crippen LogP contribution is 2.31. The van der Waals surface area contributed by atoms with Crippen LogP contribution in [0.5, 0.6) is 0 Å². The van der Waals surface area contributed by atoms with Crippen LogP contribution in [0.4, 0.5) is 5.69 Å². The van der Waals surface area contributed by atoms with Gasteiger partial charge in [0.25, 0.3) is 5.69 Å². The van der Waals surface area contributed by atoms with Crippen LogP contribution in [0.15, 0.2) is 48.5 Å².